The van der Waals surface area contributed by atoms with E-state index in [1.165, 1.54) is 0 Å². The molecule has 2 heteroatoms. The van der Waals surface area contributed by atoms with Crippen molar-refractivity contribution in [3.05, 3.63) is 35.4 Å². The molecule has 1 rings (SSSR count). The molecular formula is C8H10NO. The van der Waals surface area contributed by atoms with Crippen molar-refractivity contribution in [2.24, 2.45) is 0 Å². The second kappa shape index (κ2) is 3.34. The van der Waals surface area contributed by atoms with Gasteiger partial charge in [0.25, 0.3) is 0 Å². The Morgan fingerprint density at radius 2 is 2.00 bits per heavy atom. The smallest absolute Gasteiger partial charge is 0.0681 e. The molecule has 0 aromatic heterocycles. The molecule has 0 aliphatic heterocycles. The van der Waals surface area contributed by atoms with Crippen LogP contribution in [-0.4, -0.2) is 5.11 Å². The Hall–Kier alpha value is -0.860. The highest BCUT2D eigenvalue weighted by Crippen LogP contribution is 2.03. The minimum Gasteiger partial charge on any atom is -0.392 e. The van der Waals surface area contributed by atoms with Gasteiger partial charge in [0.2, 0.25) is 0 Å². The average molecular weight is 136 g/mol. The van der Waals surface area contributed by atoms with Crippen molar-refractivity contribution in [3.63, 3.8) is 0 Å². The Balaban J connectivity index is 2.87. The van der Waals surface area contributed by atoms with Gasteiger partial charge < -0.3 is 5.11 Å². The zero-order valence-electron chi connectivity index (χ0n) is 5.67. The van der Waals surface area contributed by atoms with Gasteiger partial charge in [-0.3, -0.25) is 5.73 Å². The molecular weight excluding hydrogens is 126 g/mol. The number of hydrogen-bond acceptors (Lipinski definition) is 1. The highest BCUT2D eigenvalue weighted by molar-refractivity contribution is 5.22. The van der Waals surface area contributed by atoms with Gasteiger partial charge in [0, 0.05) is 6.54 Å². The number of nitrogens with one attached hydrogen (secondary N) is 1. The molecule has 1 aromatic rings. The monoisotopic (exact) mass is 136 g/mol. The molecule has 1 radical (unpaired) electrons. The van der Waals surface area contributed by atoms with Gasteiger partial charge in [-0.25, -0.2) is 0 Å². The fourth-order valence-corrected chi connectivity index (χ4v) is 0.838. The van der Waals surface area contributed by atoms with Gasteiger partial charge in [0.15, 0.2) is 0 Å². The van der Waals surface area contributed by atoms with E-state index < -0.39 is 0 Å². The van der Waals surface area contributed by atoms with E-state index in [9.17, 15) is 0 Å². The summed E-state index contributed by atoms with van der Waals surface area (Å²) in [6.45, 7) is 0.349. The van der Waals surface area contributed by atoms with Crippen molar-refractivity contribution in [3.8, 4) is 0 Å². The van der Waals surface area contributed by atoms with Gasteiger partial charge in [-0.15, -0.1) is 0 Å². The molecule has 53 valence electrons. The molecule has 0 saturated heterocycles. The van der Waals surface area contributed by atoms with Crippen molar-refractivity contribution in [2.75, 3.05) is 0 Å². The van der Waals surface area contributed by atoms with E-state index in [2.05, 4.69) is 0 Å². The normalized spacial score (nSPS) is 9.80. The number of aliphatic hydroxyl groups is 1. The third-order valence-electron chi connectivity index (χ3n) is 1.38. The van der Waals surface area contributed by atoms with Crippen molar-refractivity contribution in [1.82, 2.24) is 5.73 Å². The lowest BCUT2D eigenvalue weighted by atomic mass is 10.1. The zero-order chi connectivity index (χ0) is 7.40. The Bertz CT molecular complexity index is 191. The lowest BCUT2D eigenvalue weighted by molar-refractivity contribution is 0.281. The molecule has 0 atom stereocenters. The first-order valence-electron chi connectivity index (χ1n) is 3.20. The van der Waals surface area contributed by atoms with Crippen LogP contribution in [-0.2, 0) is 13.2 Å². The molecule has 0 bridgehead atoms. The lowest BCUT2D eigenvalue weighted by Gasteiger charge is -1.97. The molecule has 2 N–H and O–H groups in total. The molecule has 0 fully saturated rings. The maximum absolute atomic E-state index is 8.70. The predicted molar refractivity (Wildman–Crippen MR) is 39.2 cm³/mol. The summed E-state index contributed by atoms with van der Waals surface area (Å²) in [5.41, 5.74) is 8.86. The second-order valence-electron chi connectivity index (χ2n) is 2.15. The van der Waals surface area contributed by atoms with Crippen LogP contribution in [0, 0.1) is 0 Å². The molecule has 2 nitrogen and oxygen atoms in total. The molecule has 0 spiro atoms. The summed E-state index contributed by atoms with van der Waals surface area (Å²) in [4.78, 5) is 0. The van der Waals surface area contributed by atoms with Crippen molar-refractivity contribution < 1.29 is 5.11 Å². The molecule has 0 amide bonds. The lowest BCUT2D eigenvalue weighted by Crippen LogP contribution is -1.87. The van der Waals surface area contributed by atoms with E-state index in [4.69, 9.17) is 10.8 Å². The summed E-state index contributed by atoms with van der Waals surface area (Å²) in [6.07, 6.45) is 0. The number of hydrogen-bond donors (Lipinski definition) is 1. The molecule has 0 heterocycles. The minimum atomic E-state index is 0.0633. The van der Waals surface area contributed by atoms with E-state index in [1.54, 1.807) is 0 Å². The zero-order valence-corrected chi connectivity index (χ0v) is 5.67. The number of rotatable bonds is 2. The predicted octanol–water partition coefficient (Wildman–Crippen LogP) is 0.962. The van der Waals surface area contributed by atoms with E-state index >= 15 is 0 Å². The Morgan fingerprint density at radius 3 is 2.60 bits per heavy atom. The van der Waals surface area contributed by atoms with Crippen molar-refractivity contribution in [2.45, 2.75) is 13.2 Å². The molecule has 1 aromatic carbocycles. The van der Waals surface area contributed by atoms with Crippen molar-refractivity contribution >= 4 is 0 Å². The van der Waals surface area contributed by atoms with Crippen LogP contribution in [0.15, 0.2) is 24.3 Å². The molecule has 0 unspecified atom stereocenters. The largest absolute Gasteiger partial charge is 0.392 e. The fourth-order valence-electron chi connectivity index (χ4n) is 0.838. The highest BCUT2D eigenvalue weighted by Gasteiger charge is 1.90. The third kappa shape index (κ3) is 1.56. The second-order valence-corrected chi connectivity index (χ2v) is 2.15. The van der Waals surface area contributed by atoms with Crippen LogP contribution >= 0.6 is 0 Å². The maximum atomic E-state index is 8.70. The summed E-state index contributed by atoms with van der Waals surface area (Å²) in [5.74, 6) is 0. The Labute approximate surface area is 60.3 Å². The maximum Gasteiger partial charge on any atom is 0.0681 e. The minimum absolute atomic E-state index is 0.0633. The van der Waals surface area contributed by atoms with Crippen LogP contribution in [0.4, 0.5) is 0 Å². The molecule has 0 aliphatic carbocycles. The van der Waals surface area contributed by atoms with Gasteiger partial charge in [0.1, 0.15) is 0 Å². The summed E-state index contributed by atoms with van der Waals surface area (Å²) < 4.78 is 0. The first-order chi connectivity index (χ1) is 4.86. The van der Waals surface area contributed by atoms with Gasteiger partial charge in [-0.2, -0.15) is 0 Å². The van der Waals surface area contributed by atoms with E-state index in [-0.39, 0.29) is 13.2 Å². The van der Waals surface area contributed by atoms with Crippen LogP contribution in [0.5, 0.6) is 0 Å². The summed E-state index contributed by atoms with van der Waals surface area (Å²) in [5, 5.41) is 8.70. The first-order valence-corrected chi connectivity index (χ1v) is 3.20. The van der Waals surface area contributed by atoms with Crippen LogP contribution in [0.25, 0.3) is 0 Å². The molecule has 0 aliphatic rings. The Morgan fingerprint density at radius 1 is 1.30 bits per heavy atom. The van der Waals surface area contributed by atoms with Crippen LogP contribution in [0.2, 0.25) is 0 Å². The van der Waals surface area contributed by atoms with Crippen LogP contribution < -0.4 is 5.73 Å². The molecule has 0 saturated carbocycles. The summed E-state index contributed by atoms with van der Waals surface area (Å²) in [6, 6.07) is 7.42. The quantitative estimate of drug-likeness (QED) is 0.646. The number of aliphatic hydroxyl groups excluding tert-OH is 1. The first kappa shape index (κ1) is 7.25. The van der Waals surface area contributed by atoms with Gasteiger partial charge in [0.05, 0.1) is 6.61 Å². The van der Waals surface area contributed by atoms with Gasteiger partial charge in [-0.1, -0.05) is 24.3 Å². The van der Waals surface area contributed by atoms with E-state index in [0.29, 0.717) is 0 Å². The summed E-state index contributed by atoms with van der Waals surface area (Å²) >= 11 is 0. The Kier molecular flexibility index (Phi) is 2.42. The fraction of sp³-hybridized carbons (Fsp3) is 0.250. The van der Waals surface area contributed by atoms with E-state index in [0.717, 1.165) is 11.1 Å². The average Bonchev–Trinajstić information content (AvgIpc) is 2.05. The van der Waals surface area contributed by atoms with Gasteiger partial charge in [-0.05, 0) is 11.1 Å². The highest BCUT2D eigenvalue weighted by atomic mass is 16.3. The van der Waals surface area contributed by atoms with Gasteiger partial charge >= 0.3 is 0 Å². The van der Waals surface area contributed by atoms with Crippen LogP contribution in [0.1, 0.15) is 11.1 Å². The topological polar surface area (TPSA) is 44.0 Å². The summed E-state index contributed by atoms with van der Waals surface area (Å²) in [7, 11) is 0. The standard InChI is InChI=1S/C8H10NO/c9-5-7-2-1-3-8(4-7)6-10/h1-4,9-10H,5-6H2. The van der Waals surface area contributed by atoms with Crippen molar-refractivity contribution in [1.29, 1.82) is 0 Å². The van der Waals surface area contributed by atoms with Crippen LogP contribution in [0.3, 0.4) is 0 Å². The van der Waals surface area contributed by atoms with E-state index in [1.807, 2.05) is 24.3 Å². The third-order valence-corrected chi connectivity index (χ3v) is 1.38. The number of benzene rings is 1. The molecule has 10 heavy (non-hydrogen) atoms. The SMILES string of the molecule is [NH]Cc1cccc(CO)c1.